The summed E-state index contributed by atoms with van der Waals surface area (Å²) in [6.07, 6.45) is 18.8. The summed E-state index contributed by atoms with van der Waals surface area (Å²) in [6, 6.07) is 8.36. The van der Waals surface area contributed by atoms with Gasteiger partial charge in [-0.3, -0.25) is 0 Å². The van der Waals surface area contributed by atoms with Gasteiger partial charge in [-0.05, 0) is 43.4 Å². The van der Waals surface area contributed by atoms with Crippen molar-refractivity contribution in [2.75, 3.05) is 19.8 Å². The highest BCUT2D eigenvalue weighted by atomic mass is 16.7. The smallest absolute Gasteiger partial charge is 0.197 e. The Bertz CT molecular complexity index is 514. The highest BCUT2D eigenvalue weighted by Crippen LogP contribution is 2.22. The molecule has 0 saturated carbocycles. The van der Waals surface area contributed by atoms with Crippen LogP contribution in [0.15, 0.2) is 24.3 Å². The largest absolute Gasteiger partial charge is 0.465 e. The fraction of sp³-hybridized carbons (Fsp3) is 0.793. The lowest BCUT2D eigenvalue weighted by atomic mass is 9.99. The molecule has 0 aliphatic rings. The molecule has 0 saturated heterocycles. The SMILES string of the molecule is CCCCCCCCCCCCCCCOCCOC(C)Oc1ccc(C(C)CC)cc1. The monoisotopic (exact) mass is 448 g/mol. The van der Waals surface area contributed by atoms with E-state index in [4.69, 9.17) is 14.2 Å². The lowest BCUT2D eigenvalue weighted by molar-refractivity contribution is -0.0835. The van der Waals surface area contributed by atoms with Crippen LogP contribution in [0.2, 0.25) is 0 Å². The van der Waals surface area contributed by atoms with Crippen molar-refractivity contribution in [3.63, 3.8) is 0 Å². The Morgan fingerprint density at radius 1 is 0.625 bits per heavy atom. The van der Waals surface area contributed by atoms with Crippen molar-refractivity contribution in [2.45, 2.75) is 130 Å². The van der Waals surface area contributed by atoms with E-state index in [1.165, 1.54) is 82.6 Å². The topological polar surface area (TPSA) is 27.7 Å². The highest BCUT2D eigenvalue weighted by molar-refractivity contribution is 5.29. The predicted molar refractivity (Wildman–Crippen MR) is 138 cm³/mol. The Labute approximate surface area is 199 Å². The van der Waals surface area contributed by atoms with Gasteiger partial charge in [-0.1, -0.05) is 110 Å². The molecule has 0 aromatic heterocycles. The van der Waals surface area contributed by atoms with Gasteiger partial charge in [0.15, 0.2) is 6.29 Å². The third-order valence-corrected chi connectivity index (χ3v) is 6.34. The molecule has 1 aromatic carbocycles. The van der Waals surface area contributed by atoms with E-state index in [1.54, 1.807) is 0 Å². The Hall–Kier alpha value is -1.06. The average molecular weight is 449 g/mol. The van der Waals surface area contributed by atoms with Gasteiger partial charge in [-0.25, -0.2) is 0 Å². The number of ether oxygens (including phenoxy) is 3. The number of rotatable bonds is 22. The molecule has 3 heteroatoms. The third kappa shape index (κ3) is 15.7. The summed E-state index contributed by atoms with van der Waals surface area (Å²) in [4.78, 5) is 0. The second-order valence-electron chi connectivity index (χ2n) is 9.29. The summed E-state index contributed by atoms with van der Waals surface area (Å²) in [5.74, 6) is 1.45. The Kier molecular flexibility index (Phi) is 18.6. The van der Waals surface area contributed by atoms with Crippen molar-refractivity contribution in [3.05, 3.63) is 29.8 Å². The minimum Gasteiger partial charge on any atom is -0.465 e. The van der Waals surface area contributed by atoms with Crippen molar-refractivity contribution in [2.24, 2.45) is 0 Å². The molecular weight excluding hydrogens is 396 g/mol. The lowest BCUT2D eigenvalue weighted by Gasteiger charge is -2.16. The third-order valence-electron chi connectivity index (χ3n) is 6.34. The van der Waals surface area contributed by atoms with Gasteiger partial charge in [0.05, 0.1) is 13.2 Å². The maximum atomic E-state index is 5.83. The Morgan fingerprint density at radius 2 is 1.16 bits per heavy atom. The van der Waals surface area contributed by atoms with Crippen LogP contribution in [-0.2, 0) is 9.47 Å². The summed E-state index contributed by atoms with van der Waals surface area (Å²) in [5, 5.41) is 0. The molecule has 0 radical (unpaired) electrons. The van der Waals surface area contributed by atoms with E-state index in [-0.39, 0.29) is 6.29 Å². The first kappa shape index (κ1) is 29.0. The van der Waals surface area contributed by atoms with Gasteiger partial charge in [0.2, 0.25) is 0 Å². The van der Waals surface area contributed by atoms with Crippen molar-refractivity contribution in [1.29, 1.82) is 0 Å². The molecule has 3 nitrogen and oxygen atoms in total. The summed E-state index contributed by atoms with van der Waals surface area (Å²) in [6.45, 7) is 10.7. The van der Waals surface area contributed by atoms with E-state index >= 15 is 0 Å². The number of hydrogen-bond donors (Lipinski definition) is 0. The Balaban J connectivity index is 1.85. The van der Waals surface area contributed by atoms with E-state index in [9.17, 15) is 0 Å². The van der Waals surface area contributed by atoms with E-state index in [2.05, 4.69) is 32.9 Å². The van der Waals surface area contributed by atoms with Gasteiger partial charge >= 0.3 is 0 Å². The van der Waals surface area contributed by atoms with Crippen LogP contribution in [0, 0.1) is 0 Å². The summed E-state index contributed by atoms with van der Waals surface area (Å²) >= 11 is 0. The molecule has 32 heavy (non-hydrogen) atoms. The molecule has 1 aromatic rings. The van der Waals surface area contributed by atoms with Crippen LogP contribution in [-0.4, -0.2) is 26.1 Å². The van der Waals surface area contributed by atoms with Crippen LogP contribution in [0.1, 0.15) is 129 Å². The minimum absolute atomic E-state index is 0.260. The minimum atomic E-state index is -0.260. The van der Waals surface area contributed by atoms with Crippen molar-refractivity contribution in [1.82, 2.24) is 0 Å². The normalized spacial score (nSPS) is 13.2. The van der Waals surface area contributed by atoms with Crippen LogP contribution in [0.25, 0.3) is 0 Å². The zero-order chi connectivity index (χ0) is 23.3. The number of benzene rings is 1. The molecule has 0 aliphatic carbocycles. The van der Waals surface area contributed by atoms with Gasteiger partial charge in [0, 0.05) is 6.61 Å². The van der Waals surface area contributed by atoms with Gasteiger partial charge in [0.25, 0.3) is 0 Å². The van der Waals surface area contributed by atoms with Crippen molar-refractivity contribution >= 4 is 0 Å². The zero-order valence-electron chi connectivity index (χ0n) is 21.7. The van der Waals surface area contributed by atoms with E-state index in [0.29, 0.717) is 19.1 Å². The summed E-state index contributed by atoms with van der Waals surface area (Å²) in [7, 11) is 0. The first-order valence-electron chi connectivity index (χ1n) is 13.6. The van der Waals surface area contributed by atoms with Gasteiger partial charge in [-0.15, -0.1) is 0 Å². The number of hydrogen-bond acceptors (Lipinski definition) is 3. The molecule has 2 atom stereocenters. The van der Waals surface area contributed by atoms with Crippen LogP contribution < -0.4 is 4.74 Å². The van der Waals surface area contributed by atoms with Gasteiger partial charge in [-0.2, -0.15) is 0 Å². The molecule has 0 heterocycles. The highest BCUT2D eigenvalue weighted by Gasteiger charge is 2.06. The van der Waals surface area contributed by atoms with E-state index in [1.807, 2.05) is 19.1 Å². The molecule has 2 unspecified atom stereocenters. The molecule has 0 bridgehead atoms. The first-order valence-corrected chi connectivity index (χ1v) is 13.6. The van der Waals surface area contributed by atoms with Crippen LogP contribution in [0.3, 0.4) is 0 Å². The zero-order valence-corrected chi connectivity index (χ0v) is 21.7. The quantitative estimate of drug-likeness (QED) is 0.131. The second kappa shape index (κ2) is 20.5. The van der Waals surface area contributed by atoms with Crippen molar-refractivity contribution in [3.8, 4) is 5.75 Å². The van der Waals surface area contributed by atoms with Crippen molar-refractivity contribution < 1.29 is 14.2 Å². The summed E-state index contributed by atoms with van der Waals surface area (Å²) < 4.78 is 17.3. The van der Waals surface area contributed by atoms with Crippen LogP contribution in [0.4, 0.5) is 0 Å². The van der Waals surface area contributed by atoms with E-state index < -0.39 is 0 Å². The molecule has 0 aliphatic heterocycles. The van der Waals surface area contributed by atoms with Crippen LogP contribution in [0.5, 0.6) is 5.75 Å². The standard InChI is InChI=1S/C29H52O3/c1-5-7-8-9-10-11-12-13-14-15-16-17-18-23-30-24-25-31-27(4)32-29-21-19-28(20-22-29)26(3)6-2/h19-22,26-27H,5-18,23-25H2,1-4H3. The maximum absolute atomic E-state index is 5.83. The van der Waals surface area contributed by atoms with Gasteiger partial charge in [0.1, 0.15) is 5.75 Å². The van der Waals surface area contributed by atoms with E-state index in [0.717, 1.165) is 25.2 Å². The fourth-order valence-electron chi connectivity index (χ4n) is 3.93. The second-order valence-corrected chi connectivity index (χ2v) is 9.29. The lowest BCUT2D eigenvalue weighted by Crippen LogP contribution is -2.19. The molecule has 0 amide bonds. The molecular formula is C29H52O3. The maximum Gasteiger partial charge on any atom is 0.197 e. The Morgan fingerprint density at radius 3 is 1.69 bits per heavy atom. The van der Waals surface area contributed by atoms with Crippen LogP contribution >= 0.6 is 0 Å². The first-order chi connectivity index (χ1) is 15.7. The molecule has 0 spiro atoms. The predicted octanol–water partition coefficient (Wildman–Crippen LogP) is 9.05. The van der Waals surface area contributed by atoms with Gasteiger partial charge < -0.3 is 14.2 Å². The molecule has 0 N–H and O–H groups in total. The fourth-order valence-corrected chi connectivity index (χ4v) is 3.93. The molecule has 0 fully saturated rings. The number of unbranched alkanes of at least 4 members (excludes halogenated alkanes) is 12. The molecule has 186 valence electrons. The average Bonchev–Trinajstić information content (AvgIpc) is 2.81. The summed E-state index contributed by atoms with van der Waals surface area (Å²) in [5.41, 5.74) is 1.36. The molecule has 1 rings (SSSR count).